The molecule has 0 radical (unpaired) electrons. The van der Waals surface area contributed by atoms with Gasteiger partial charge in [-0.25, -0.2) is 9.97 Å². The number of nitrogens with one attached hydrogen (secondary N) is 2. The Hall–Kier alpha value is -2.05. The topological polar surface area (TPSA) is 76.1 Å². The molecule has 0 aliphatic rings. The first-order chi connectivity index (χ1) is 10.6. The zero-order valence-electron chi connectivity index (χ0n) is 11.8. The van der Waals surface area contributed by atoms with Crippen molar-refractivity contribution in [2.75, 3.05) is 25.5 Å². The highest BCUT2D eigenvalue weighted by Gasteiger charge is 2.13. The number of aromatic nitrogens is 2. The van der Waals surface area contributed by atoms with Gasteiger partial charge in [0.25, 0.3) is 5.91 Å². The molecular weight excluding hydrogens is 327 g/mol. The molecule has 8 heteroatoms. The number of amides is 1. The van der Waals surface area contributed by atoms with Crippen LogP contribution >= 0.6 is 23.2 Å². The summed E-state index contributed by atoms with van der Waals surface area (Å²) in [4.78, 5) is 20.1. The van der Waals surface area contributed by atoms with Gasteiger partial charge in [0, 0.05) is 31.0 Å². The van der Waals surface area contributed by atoms with Crippen molar-refractivity contribution in [3.8, 4) is 5.75 Å². The third-order valence-corrected chi connectivity index (χ3v) is 3.29. The van der Waals surface area contributed by atoms with Gasteiger partial charge < -0.3 is 15.4 Å². The molecule has 0 aliphatic heterocycles. The molecule has 0 spiro atoms. The lowest BCUT2D eigenvalue weighted by atomic mass is 10.2. The molecule has 2 rings (SSSR count). The molecule has 2 N–H and O–H groups in total. The molecule has 1 aromatic heterocycles. The average molecular weight is 341 g/mol. The Morgan fingerprint density at radius 1 is 1.18 bits per heavy atom. The standard InChI is InChI=1S/C14H14Cl2N4O2/c1-22-12-10(15)7-9(8-11(12)16)13(21)17-5-6-20-14-18-3-2-4-19-14/h2-4,7-8H,5-6H2,1H3,(H,17,21)(H,18,19,20). The average Bonchev–Trinajstić information content (AvgIpc) is 2.52. The van der Waals surface area contributed by atoms with Crippen LogP contribution in [0.1, 0.15) is 10.4 Å². The first-order valence-electron chi connectivity index (χ1n) is 6.44. The van der Waals surface area contributed by atoms with E-state index in [-0.39, 0.29) is 16.0 Å². The number of methoxy groups -OCH3 is 1. The SMILES string of the molecule is COc1c(Cl)cc(C(=O)NCCNc2ncccn2)cc1Cl. The number of rotatable bonds is 6. The summed E-state index contributed by atoms with van der Waals surface area (Å²) in [6.45, 7) is 0.895. The molecule has 0 unspecified atom stereocenters. The number of carbonyl (C=O) groups excluding carboxylic acids is 1. The fourth-order valence-electron chi connectivity index (χ4n) is 1.73. The molecule has 0 bridgehead atoms. The lowest BCUT2D eigenvalue weighted by Gasteiger charge is -2.10. The summed E-state index contributed by atoms with van der Waals surface area (Å²) in [6.07, 6.45) is 3.27. The molecule has 0 aliphatic carbocycles. The van der Waals surface area contributed by atoms with Crippen molar-refractivity contribution < 1.29 is 9.53 Å². The van der Waals surface area contributed by atoms with Crippen LogP contribution in [0.3, 0.4) is 0 Å². The van der Waals surface area contributed by atoms with E-state index in [1.165, 1.54) is 19.2 Å². The van der Waals surface area contributed by atoms with Crippen molar-refractivity contribution >= 4 is 35.1 Å². The Kier molecular flexibility index (Phi) is 5.80. The van der Waals surface area contributed by atoms with Crippen LogP contribution in [-0.2, 0) is 0 Å². The van der Waals surface area contributed by atoms with E-state index in [0.29, 0.717) is 30.4 Å². The molecule has 6 nitrogen and oxygen atoms in total. The van der Waals surface area contributed by atoms with Gasteiger partial charge >= 0.3 is 0 Å². The summed E-state index contributed by atoms with van der Waals surface area (Å²) in [5.41, 5.74) is 0.367. The van der Waals surface area contributed by atoms with Gasteiger partial charge in [0.2, 0.25) is 5.95 Å². The summed E-state index contributed by atoms with van der Waals surface area (Å²) >= 11 is 12.0. The van der Waals surface area contributed by atoms with Crippen molar-refractivity contribution in [3.05, 3.63) is 46.2 Å². The predicted molar refractivity (Wildman–Crippen MR) is 85.9 cm³/mol. The first kappa shape index (κ1) is 16.3. The number of nitrogens with zero attached hydrogens (tertiary/aromatic N) is 2. The van der Waals surface area contributed by atoms with Crippen molar-refractivity contribution in [2.24, 2.45) is 0 Å². The Morgan fingerprint density at radius 2 is 1.82 bits per heavy atom. The zero-order valence-corrected chi connectivity index (χ0v) is 13.3. The molecule has 0 atom stereocenters. The van der Waals surface area contributed by atoms with E-state index >= 15 is 0 Å². The highest BCUT2D eigenvalue weighted by molar-refractivity contribution is 6.37. The van der Waals surface area contributed by atoms with Crippen LogP contribution in [0, 0.1) is 0 Å². The van der Waals surface area contributed by atoms with Crippen molar-refractivity contribution in [1.29, 1.82) is 0 Å². The maximum absolute atomic E-state index is 12.0. The molecule has 1 heterocycles. The van der Waals surface area contributed by atoms with Gasteiger partial charge in [-0.2, -0.15) is 0 Å². The molecule has 1 amide bonds. The number of ether oxygens (including phenoxy) is 1. The van der Waals surface area contributed by atoms with Gasteiger partial charge in [0.05, 0.1) is 17.2 Å². The molecule has 2 aromatic rings. The molecule has 0 fully saturated rings. The predicted octanol–water partition coefficient (Wildman–Crippen LogP) is 2.63. The van der Waals surface area contributed by atoms with Gasteiger partial charge in [-0.15, -0.1) is 0 Å². The highest BCUT2D eigenvalue weighted by atomic mass is 35.5. The summed E-state index contributed by atoms with van der Waals surface area (Å²) in [5.74, 6) is 0.581. The largest absolute Gasteiger partial charge is 0.494 e. The number of halogens is 2. The number of hydrogen-bond acceptors (Lipinski definition) is 5. The molecule has 116 valence electrons. The van der Waals surface area contributed by atoms with Crippen LogP contribution in [0.15, 0.2) is 30.6 Å². The zero-order chi connectivity index (χ0) is 15.9. The summed E-state index contributed by atoms with van der Waals surface area (Å²) in [5, 5.41) is 6.31. The van der Waals surface area contributed by atoms with Crippen molar-refractivity contribution in [3.63, 3.8) is 0 Å². The lowest BCUT2D eigenvalue weighted by Crippen LogP contribution is -2.29. The Bertz CT molecular complexity index is 630. The number of benzene rings is 1. The number of anilines is 1. The third kappa shape index (κ3) is 4.22. The minimum Gasteiger partial charge on any atom is -0.494 e. The minimum atomic E-state index is -0.276. The van der Waals surface area contributed by atoms with Crippen molar-refractivity contribution in [2.45, 2.75) is 0 Å². The van der Waals surface area contributed by atoms with Gasteiger partial charge in [-0.1, -0.05) is 23.2 Å². The van der Waals surface area contributed by atoms with Crippen LogP contribution in [0.25, 0.3) is 0 Å². The van der Waals surface area contributed by atoms with Gasteiger partial charge in [-0.05, 0) is 18.2 Å². The monoisotopic (exact) mass is 340 g/mol. The van der Waals surface area contributed by atoms with Gasteiger partial charge in [0.15, 0.2) is 5.75 Å². The van der Waals surface area contributed by atoms with Crippen molar-refractivity contribution in [1.82, 2.24) is 15.3 Å². The molecule has 0 saturated carbocycles. The lowest BCUT2D eigenvalue weighted by molar-refractivity contribution is 0.0955. The molecule has 1 aromatic carbocycles. The first-order valence-corrected chi connectivity index (χ1v) is 7.19. The maximum Gasteiger partial charge on any atom is 0.251 e. The van der Waals surface area contributed by atoms with Crippen LogP contribution in [0.2, 0.25) is 10.0 Å². The van der Waals surface area contributed by atoms with E-state index in [0.717, 1.165) is 0 Å². The summed E-state index contributed by atoms with van der Waals surface area (Å²) < 4.78 is 5.04. The van der Waals surface area contributed by atoms with E-state index in [9.17, 15) is 4.79 Å². The van der Waals surface area contributed by atoms with Crippen LogP contribution in [-0.4, -0.2) is 36.1 Å². The van der Waals surface area contributed by atoms with E-state index in [2.05, 4.69) is 20.6 Å². The smallest absolute Gasteiger partial charge is 0.251 e. The maximum atomic E-state index is 12.0. The quantitative estimate of drug-likeness (QED) is 0.790. The second kappa shape index (κ2) is 7.82. The normalized spacial score (nSPS) is 10.1. The Balaban J connectivity index is 1.87. The highest BCUT2D eigenvalue weighted by Crippen LogP contribution is 2.33. The number of carbonyl (C=O) groups is 1. The third-order valence-electron chi connectivity index (χ3n) is 2.72. The van der Waals surface area contributed by atoms with Gasteiger partial charge in [-0.3, -0.25) is 4.79 Å². The Labute approximate surface area is 137 Å². The van der Waals surface area contributed by atoms with Crippen LogP contribution in [0.5, 0.6) is 5.75 Å². The fraction of sp³-hybridized carbons (Fsp3) is 0.214. The van der Waals surface area contributed by atoms with E-state index in [4.69, 9.17) is 27.9 Å². The second-order valence-electron chi connectivity index (χ2n) is 4.23. The van der Waals surface area contributed by atoms with E-state index in [1.54, 1.807) is 18.5 Å². The summed E-state index contributed by atoms with van der Waals surface area (Å²) in [6, 6.07) is 4.74. The second-order valence-corrected chi connectivity index (χ2v) is 5.04. The molecular formula is C14H14Cl2N4O2. The Morgan fingerprint density at radius 3 is 2.41 bits per heavy atom. The van der Waals surface area contributed by atoms with E-state index < -0.39 is 0 Å². The molecule has 22 heavy (non-hydrogen) atoms. The van der Waals surface area contributed by atoms with Crippen LogP contribution in [0.4, 0.5) is 5.95 Å². The number of hydrogen-bond donors (Lipinski definition) is 2. The van der Waals surface area contributed by atoms with E-state index in [1.807, 2.05) is 0 Å². The minimum absolute atomic E-state index is 0.276. The fourth-order valence-corrected chi connectivity index (χ4v) is 2.37. The van der Waals surface area contributed by atoms with Crippen LogP contribution < -0.4 is 15.4 Å². The van der Waals surface area contributed by atoms with Gasteiger partial charge in [0.1, 0.15) is 0 Å². The summed E-state index contributed by atoms with van der Waals surface area (Å²) in [7, 11) is 1.46. The molecule has 0 saturated heterocycles.